The van der Waals surface area contributed by atoms with Crippen molar-refractivity contribution in [2.45, 2.75) is 57.5 Å². The number of amidine groups is 1. The minimum Gasteiger partial charge on any atom is -0.340 e. The summed E-state index contributed by atoms with van der Waals surface area (Å²) in [6.07, 6.45) is 7.01. The van der Waals surface area contributed by atoms with Gasteiger partial charge in [-0.2, -0.15) is 0 Å². The van der Waals surface area contributed by atoms with Crippen LogP contribution in [0.15, 0.2) is 29.4 Å². The predicted octanol–water partition coefficient (Wildman–Crippen LogP) is 2.64. The third-order valence-corrected chi connectivity index (χ3v) is 6.21. The van der Waals surface area contributed by atoms with E-state index in [4.69, 9.17) is 4.99 Å². The molecule has 1 aromatic rings. The highest BCUT2D eigenvalue weighted by Crippen LogP contribution is 2.41. The van der Waals surface area contributed by atoms with Crippen LogP contribution in [0.1, 0.15) is 51.1 Å². The average molecular weight is 368 g/mol. The van der Waals surface area contributed by atoms with Crippen molar-refractivity contribution in [3.05, 3.63) is 30.1 Å². The quantitative estimate of drug-likeness (QED) is 0.802. The van der Waals surface area contributed by atoms with E-state index >= 15 is 0 Å². The molecule has 144 valence electrons. The standard InChI is InChI=1S/C21H28N4O2/c1-15-23-21(20(27)25(15)13-16-6-7-16)10-8-17(9-11-21)19(26)24(2)14-18-5-3-4-12-22-18/h3-5,12,16-17H,6-11,13-14H2,1-2H3. The normalized spacial score (nSPS) is 27.8. The van der Waals surface area contributed by atoms with E-state index in [0.29, 0.717) is 25.3 Å². The number of carbonyl (C=O) groups is 2. The van der Waals surface area contributed by atoms with Gasteiger partial charge < -0.3 is 4.90 Å². The van der Waals surface area contributed by atoms with Gasteiger partial charge in [-0.15, -0.1) is 0 Å². The highest BCUT2D eigenvalue weighted by molar-refractivity contribution is 6.07. The maximum Gasteiger partial charge on any atom is 0.255 e. The molecule has 4 rings (SSSR count). The topological polar surface area (TPSA) is 65.9 Å². The number of nitrogens with zero attached hydrogens (tertiary/aromatic N) is 4. The van der Waals surface area contributed by atoms with Gasteiger partial charge in [0.1, 0.15) is 11.4 Å². The van der Waals surface area contributed by atoms with Crippen LogP contribution < -0.4 is 0 Å². The number of pyridine rings is 1. The van der Waals surface area contributed by atoms with Gasteiger partial charge in [0.15, 0.2) is 0 Å². The Kier molecular flexibility index (Phi) is 4.74. The van der Waals surface area contributed by atoms with E-state index < -0.39 is 5.54 Å². The molecule has 0 aromatic carbocycles. The number of amides is 2. The minimum atomic E-state index is -0.602. The summed E-state index contributed by atoms with van der Waals surface area (Å²) in [6, 6.07) is 5.74. The summed E-state index contributed by atoms with van der Waals surface area (Å²) < 4.78 is 0. The molecular weight excluding hydrogens is 340 g/mol. The van der Waals surface area contributed by atoms with Gasteiger partial charge in [-0.1, -0.05) is 6.07 Å². The molecule has 2 aliphatic carbocycles. The molecule has 0 N–H and O–H groups in total. The van der Waals surface area contributed by atoms with E-state index in [-0.39, 0.29) is 17.7 Å². The third-order valence-electron chi connectivity index (χ3n) is 6.21. The second-order valence-electron chi connectivity index (χ2n) is 8.34. The smallest absolute Gasteiger partial charge is 0.255 e. The summed E-state index contributed by atoms with van der Waals surface area (Å²) in [5.41, 5.74) is 0.289. The van der Waals surface area contributed by atoms with Crippen molar-refractivity contribution in [1.82, 2.24) is 14.8 Å². The molecule has 0 bridgehead atoms. The Balaban J connectivity index is 1.35. The van der Waals surface area contributed by atoms with E-state index in [1.165, 1.54) is 12.8 Å². The molecule has 2 heterocycles. The Hall–Kier alpha value is -2.24. The molecule has 0 unspecified atom stereocenters. The van der Waals surface area contributed by atoms with E-state index in [1.54, 1.807) is 11.1 Å². The van der Waals surface area contributed by atoms with Crippen molar-refractivity contribution < 1.29 is 9.59 Å². The Morgan fingerprint density at radius 1 is 1.26 bits per heavy atom. The van der Waals surface area contributed by atoms with Crippen LogP contribution in [-0.2, 0) is 16.1 Å². The van der Waals surface area contributed by atoms with Crippen LogP contribution in [0, 0.1) is 11.8 Å². The zero-order chi connectivity index (χ0) is 19.0. The summed E-state index contributed by atoms with van der Waals surface area (Å²) in [4.78, 5) is 38.6. The lowest BCUT2D eigenvalue weighted by Crippen LogP contribution is -2.47. The van der Waals surface area contributed by atoms with Crippen LogP contribution in [0.5, 0.6) is 0 Å². The lowest BCUT2D eigenvalue weighted by Gasteiger charge is -2.34. The number of carbonyl (C=O) groups excluding carboxylic acids is 2. The predicted molar refractivity (Wildman–Crippen MR) is 103 cm³/mol. The van der Waals surface area contributed by atoms with Crippen molar-refractivity contribution in [2.24, 2.45) is 16.8 Å². The van der Waals surface area contributed by atoms with E-state index in [1.807, 2.05) is 37.1 Å². The first-order valence-corrected chi connectivity index (χ1v) is 10.0. The molecule has 6 nitrogen and oxygen atoms in total. The molecule has 2 saturated carbocycles. The fraction of sp³-hybridized carbons (Fsp3) is 0.619. The molecule has 1 aromatic heterocycles. The largest absolute Gasteiger partial charge is 0.340 e. The fourth-order valence-electron chi connectivity index (χ4n) is 4.38. The van der Waals surface area contributed by atoms with Gasteiger partial charge in [-0.25, -0.2) is 0 Å². The summed E-state index contributed by atoms with van der Waals surface area (Å²) in [5, 5.41) is 0. The average Bonchev–Trinajstić information content (AvgIpc) is 3.47. The number of aromatic nitrogens is 1. The summed E-state index contributed by atoms with van der Waals surface area (Å²) in [6.45, 7) is 3.30. The first-order chi connectivity index (χ1) is 13.0. The first kappa shape index (κ1) is 18.1. The highest BCUT2D eigenvalue weighted by Gasteiger charge is 2.50. The molecule has 2 amide bonds. The Morgan fingerprint density at radius 2 is 2.00 bits per heavy atom. The molecule has 1 aliphatic heterocycles. The van der Waals surface area contributed by atoms with Crippen molar-refractivity contribution in [3.8, 4) is 0 Å². The van der Waals surface area contributed by atoms with Crippen molar-refractivity contribution in [2.75, 3.05) is 13.6 Å². The first-order valence-electron chi connectivity index (χ1n) is 10.0. The van der Waals surface area contributed by atoms with Crippen LogP contribution in [0.3, 0.4) is 0 Å². The molecule has 27 heavy (non-hydrogen) atoms. The Bertz CT molecular complexity index is 749. The molecular formula is C21H28N4O2. The van der Waals surface area contributed by atoms with Crippen LogP contribution >= 0.6 is 0 Å². The van der Waals surface area contributed by atoms with Gasteiger partial charge >= 0.3 is 0 Å². The lowest BCUT2D eigenvalue weighted by molar-refractivity contribution is -0.139. The second-order valence-corrected chi connectivity index (χ2v) is 8.34. The molecule has 2 fully saturated rings. The van der Waals surface area contributed by atoms with Crippen molar-refractivity contribution in [3.63, 3.8) is 0 Å². The zero-order valence-electron chi connectivity index (χ0n) is 16.2. The van der Waals surface area contributed by atoms with E-state index in [0.717, 1.165) is 30.9 Å². The van der Waals surface area contributed by atoms with Gasteiger partial charge in [0.2, 0.25) is 5.91 Å². The fourth-order valence-corrected chi connectivity index (χ4v) is 4.38. The molecule has 1 spiro atoms. The lowest BCUT2D eigenvalue weighted by atomic mass is 9.76. The molecule has 0 radical (unpaired) electrons. The van der Waals surface area contributed by atoms with Gasteiger partial charge in [0.25, 0.3) is 5.91 Å². The highest BCUT2D eigenvalue weighted by atomic mass is 16.2. The Labute approximate surface area is 160 Å². The molecule has 0 saturated heterocycles. The molecule has 0 atom stereocenters. The van der Waals surface area contributed by atoms with E-state index in [2.05, 4.69) is 4.98 Å². The van der Waals surface area contributed by atoms with Gasteiger partial charge in [-0.05, 0) is 63.5 Å². The van der Waals surface area contributed by atoms with Crippen molar-refractivity contribution in [1.29, 1.82) is 0 Å². The van der Waals surface area contributed by atoms with Crippen LogP contribution in [0.4, 0.5) is 0 Å². The monoisotopic (exact) mass is 368 g/mol. The SMILES string of the molecule is CC1=NC2(CCC(C(=O)N(C)Cc3ccccn3)CC2)C(=O)N1CC1CC1. The zero-order valence-corrected chi connectivity index (χ0v) is 16.2. The maximum absolute atomic E-state index is 13.0. The number of hydrogen-bond donors (Lipinski definition) is 0. The molecule has 6 heteroatoms. The van der Waals surface area contributed by atoms with E-state index in [9.17, 15) is 9.59 Å². The van der Waals surface area contributed by atoms with Crippen LogP contribution in [0.25, 0.3) is 0 Å². The third kappa shape index (κ3) is 3.62. The maximum atomic E-state index is 13.0. The number of rotatable bonds is 5. The Morgan fingerprint density at radius 3 is 2.63 bits per heavy atom. The van der Waals surface area contributed by atoms with Gasteiger partial charge in [0.05, 0.1) is 12.2 Å². The second kappa shape index (κ2) is 7.06. The summed E-state index contributed by atoms with van der Waals surface area (Å²) in [5.74, 6) is 1.82. The number of hydrogen-bond acceptors (Lipinski definition) is 4. The van der Waals surface area contributed by atoms with Crippen LogP contribution in [0.2, 0.25) is 0 Å². The number of aliphatic imine (C=N–C) groups is 1. The van der Waals surface area contributed by atoms with Gasteiger partial charge in [0, 0.05) is 25.7 Å². The van der Waals surface area contributed by atoms with Crippen LogP contribution in [-0.4, -0.2) is 51.6 Å². The molecule has 3 aliphatic rings. The van der Waals surface area contributed by atoms with Gasteiger partial charge in [-0.3, -0.25) is 24.5 Å². The summed E-state index contributed by atoms with van der Waals surface area (Å²) >= 11 is 0. The van der Waals surface area contributed by atoms with Crippen molar-refractivity contribution >= 4 is 17.6 Å². The minimum absolute atomic E-state index is 0.0230. The summed E-state index contributed by atoms with van der Waals surface area (Å²) in [7, 11) is 1.84.